The molecule has 68 valence electrons. The van der Waals surface area contributed by atoms with E-state index in [0.717, 1.165) is 0 Å². The second-order valence-corrected chi connectivity index (χ2v) is 2.91. The average molecular weight is 158 g/mol. The van der Waals surface area contributed by atoms with Crippen molar-refractivity contribution >= 4 is 0 Å². The molecule has 1 rings (SSSR count). The minimum absolute atomic E-state index is 1.20. The first-order valence-electron chi connectivity index (χ1n) is 4.64. The average Bonchev–Trinajstić information content (AvgIpc) is 2.20. The van der Waals surface area contributed by atoms with Crippen LogP contribution >= 0.6 is 0 Å². The lowest BCUT2D eigenvalue weighted by atomic mass is 10.4. The van der Waals surface area contributed by atoms with Crippen LogP contribution in [-0.2, 0) is 0 Å². The van der Waals surface area contributed by atoms with Crippen LogP contribution in [0.25, 0.3) is 0 Å². The molecule has 0 spiro atoms. The molecule has 0 aromatic rings. The van der Waals surface area contributed by atoms with Gasteiger partial charge in [-0.1, -0.05) is 13.8 Å². The summed E-state index contributed by atoms with van der Waals surface area (Å²) in [6.45, 7) is 8.90. The molecule has 2 nitrogen and oxygen atoms in total. The summed E-state index contributed by atoms with van der Waals surface area (Å²) in [6, 6.07) is 0. The minimum atomic E-state index is 1.20. The SMILES string of the molecule is CC.[CH2-][NH+]1CCCN(C)CC1. The molecule has 1 atom stereocenters. The summed E-state index contributed by atoms with van der Waals surface area (Å²) in [5.74, 6) is 0. The molecule has 1 N–H and O–H groups in total. The quantitative estimate of drug-likeness (QED) is 0.489. The predicted molar refractivity (Wildman–Crippen MR) is 49.5 cm³/mol. The Morgan fingerprint density at radius 1 is 1.18 bits per heavy atom. The van der Waals surface area contributed by atoms with Crippen molar-refractivity contribution in [2.45, 2.75) is 20.3 Å². The molecule has 1 unspecified atom stereocenters. The van der Waals surface area contributed by atoms with E-state index in [2.05, 4.69) is 19.0 Å². The zero-order valence-corrected chi connectivity index (χ0v) is 8.19. The van der Waals surface area contributed by atoms with Crippen molar-refractivity contribution < 1.29 is 4.90 Å². The van der Waals surface area contributed by atoms with Crippen molar-refractivity contribution in [3.63, 3.8) is 0 Å². The molecule has 0 saturated carbocycles. The van der Waals surface area contributed by atoms with Gasteiger partial charge >= 0.3 is 0 Å². The number of quaternary nitrogens is 1. The zero-order valence-electron chi connectivity index (χ0n) is 8.19. The van der Waals surface area contributed by atoms with E-state index in [1.54, 1.807) is 0 Å². The van der Waals surface area contributed by atoms with Crippen molar-refractivity contribution in [1.82, 2.24) is 4.90 Å². The van der Waals surface area contributed by atoms with Crippen LogP contribution in [0.3, 0.4) is 0 Å². The molecule has 1 fully saturated rings. The van der Waals surface area contributed by atoms with Crippen LogP contribution in [0, 0.1) is 7.05 Å². The Labute approximate surface area is 71.2 Å². The molecule has 1 saturated heterocycles. The lowest BCUT2D eigenvalue weighted by Gasteiger charge is -2.17. The fourth-order valence-electron chi connectivity index (χ4n) is 1.18. The Balaban J connectivity index is 0.000000461. The summed E-state index contributed by atoms with van der Waals surface area (Å²) in [5.41, 5.74) is 0. The maximum Gasteiger partial charge on any atom is 0.0659 e. The van der Waals surface area contributed by atoms with Crippen molar-refractivity contribution in [3.8, 4) is 0 Å². The number of hydrogen-bond donors (Lipinski definition) is 1. The van der Waals surface area contributed by atoms with Crippen molar-refractivity contribution in [3.05, 3.63) is 7.05 Å². The maximum absolute atomic E-state index is 3.98. The molecular formula is C9H22N2. The Morgan fingerprint density at radius 2 is 1.82 bits per heavy atom. The van der Waals surface area contributed by atoms with E-state index in [9.17, 15) is 0 Å². The first-order valence-corrected chi connectivity index (χ1v) is 4.64. The third-order valence-corrected chi connectivity index (χ3v) is 1.92. The molecule has 11 heavy (non-hydrogen) atoms. The summed E-state index contributed by atoms with van der Waals surface area (Å²) in [5, 5.41) is 0. The molecule has 0 bridgehead atoms. The summed E-state index contributed by atoms with van der Waals surface area (Å²) in [6.07, 6.45) is 1.30. The van der Waals surface area contributed by atoms with Crippen LogP contribution < -0.4 is 4.90 Å². The van der Waals surface area contributed by atoms with Gasteiger partial charge in [-0.05, 0) is 7.05 Å². The van der Waals surface area contributed by atoms with Crippen molar-refractivity contribution in [2.24, 2.45) is 0 Å². The van der Waals surface area contributed by atoms with Gasteiger partial charge in [-0.3, -0.25) is 0 Å². The van der Waals surface area contributed by atoms with Crippen LogP contribution in [-0.4, -0.2) is 38.1 Å². The predicted octanol–water partition coefficient (Wildman–Crippen LogP) is 0.0246. The second-order valence-electron chi connectivity index (χ2n) is 2.91. The first-order chi connectivity index (χ1) is 5.29. The van der Waals surface area contributed by atoms with Crippen LogP contribution in [0.4, 0.5) is 0 Å². The van der Waals surface area contributed by atoms with E-state index in [1.807, 2.05) is 13.8 Å². The fraction of sp³-hybridized carbons (Fsp3) is 0.889. The van der Waals surface area contributed by atoms with Gasteiger partial charge < -0.3 is 9.80 Å². The molecule has 1 aliphatic rings. The van der Waals surface area contributed by atoms with Crippen LogP contribution in [0.15, 0.2) is 0 Å². The Kier molecular flexibility index (Phi) is 6.57. The van der Waals surface area contributed by atoms with Crippen LogP contribution in [0.1, 0.15) is 20.3 Å². The van der Waals surface area contributed by atoms with Gasteiger partial charge in [0.05, 0.1) is 13.1 Å². The molecule has 0 amide bonds. The van der Waals surface area contributed by atoms with Gasteiger partial charge in [0.1, 0.15) is 0 Å². The number of nitrogens with one attached hydrogen (secondary N) is 1. The van der Waals surface area contributed by atoms with Crippen molar-refractivity contribution in [1.29, 1.82) is 0 Å². The molecular weight excluding hydrogens is 136 g/mol. The lowest BCUT2D eigenvalue weighted by Crippen LogP contribution is -3.07. The number of nitrogens with zero attached hydrogens (tertiary/aromatic N) is 1. The summed E-state index contributed by atoms with van der Waals surface area (Å²) in [7, 11) is 6.16. The molecule has 0 aliphatic carbocycles. The monoisotopic (exact) mass is 158 g/mol. The van der Waals surface area contributed by atoms with Gasteiger partial charge in [-0.25, -0.2) is 0 Å². The fourth-order valence-corrected chi connectivity index (χ4v) is 1.18. The van der Waals surface area contributed by atoms with E-state index < -0.39 is 0 Å². The van der Waals surface area contributed by atoms with Crippen LogP contribution in [0.2, 0.25) is 0 Å². The normalized spacial score (nSPS) is 26.7. The Bertz CT molecular complexity index is 73.6. The van der Waals surface area contributed by atoms with E-state index >= 15 is 0 Å². The highest BCUT2D eigenvalue weighted by molar-refractivity contribution is 4.52. The smallest absolute Gasteiger partial charge is 0.0659 e. The molecule has 0 aromatic heterocycles. The molecule has 0 radical (unpaired) electrons. The minimum Gasteiger partial charge on any atom is -0.467 e. The number of hydrogen-bond acceptors (Lipinski definition) is 1. The van der Waals surface area contributed by atoms with E-state index in [1.165, 1.54) is 37.5 Å². The first kappa shape index (κ1) is 10.9. The van der Waals surface area contributed by atoms with E-state index in [-0.39, 0.29) is 0 Å². The molecule has 1 aliphatic heterocycles. The van der Waals surface area contributed by atoms with Gasteiger partial charge in [0.25, 0.3) is 0 Å². The number of likely N-dealkylation sites (N-methyl/N-ethyl adjacent to an activating group) is 1. The molecule has 1 heterocycles. The van der Waals surface area contributed by atoms with Gasteiger partial charge in [-0.15, -0.1) is 0 Å². The van der Waals surface area contributed by atoms with Gasteiger partial charge in [0, 0.05) is 19.5 Å². The topological polar surface area (TPSA) is 7.68 Å². The third-order valence-electron chi connectivity index (χ3n) is 1.92. The standard InChI is InChI=1S/C7H16N2.C2H6/c1-8-4-3-5-9(2)7-6-8;1-2/h8H,1,3-7H2,2H3;1-2H3. The Morgan fingerprint density at radius 3 is 2.45 bits per heavy atom. The summed E-state index contributed by atoms with van der Waals surface area (Å²) >= 11 is 0. The summed E-state index contributed by atoms with van der Waals surface area (Å²) in [4.78, 5) is 3.80. The molecule has 2 heteroatoms. The summed E-state index contributed by atoms with van der Waals surface area (Å²) < 4.78 is 0. The maximum atomic E-state index is 3.98. The Hall–Kier alpha value is -0.0800. The van der Waals surface area contributed by atoms with Crippen molar-refractivity contribution in [2.75, 3.05) is 33.2 Å². The number of rotatable bonds is 0. The zero-order chi connectivity index (χ0) is 8.69. The lowest BCUT2D eigenvalue weighted by molar-refractivity contribution is -0.851. The highest BCUT2D eigenvalue weighted by Gasteiger charge is 2.06. The van der Waals surface area contributed by atoms with Gasteiger partial charge in [0.15, 0.2) is 0 Å². The largest absolute Gasteiger partial charge is 0.467 e. The van der Waals surface area contributed by atoms with Gasteiger partial charge in [-0.2, -0.15) is 7.05 Å². The third kappa shape index (κ3) is 5.22. The highest BCUT2D eigenvalue weighted by Crippen LogP contribution is 1.85. The highest BCUT2D eigenvalue weighted by atomic mass is 15.2. The molecule has 0 aromatic carbocycles. The van der Waals surface area contributed by atoms with E-state index in [4.69, 9.17) is 0 Å². The van der Waals surface area contributed by atoms with Gasteiger partial charge in [0.2, 0.25) is 0 Å². The second kappa shape index (κ2) is 6.62. The van der Waals surface area contributed by atoms with Crippen LogP contribution in [0.5, 0.6) is 0 Å². The van der Waals surface area contributed by atoms with E-state index in [0.29, 0.717) is 0 Å².